The van der Waals surface area contributed by atoms with E-state index in [2.05, 4.69) is 34.6 Å². The predicted octanol–water partition coefficient (Wildman–Crippen LogP) is 19.4. The molecule has 0 amide bonds. The highest BCUT2D eigenvalue weighted by Gasteiger charge is 2.30. The van der Waals surface area contributed by atoms with Crippen molar-refractivity contribution in [3.63, 3.8) is 0 Å². The maximum atomic E-state index is 13.0. The number of esters is 4. The molecule has 0 heterocycles. The Hall–Kier alpha value is -1.94. The van der Waals surface area contributed by atoms with E-state index in [0.29, 0.717) is 25.7 Å². The molecular formula is C68H132O17P2. The van der Waals surface area contributed by atoms with Gasteiger partial charge in [-0.2, -0.15) is 0 Å². The SMILES string of the molecule is CCCCCCCCCCCCCCCCC(=O)O[C@H](COC(=O)CCCCCCCCCCCC(C)C)COP(=O)(O)OC[C@@H](O)COP(=O)(O)OC[C@@H](COC(=O)CCCCCCCCCCC)OC(=O)CCCCCCCCCCCCCC. The molecule has 3 N–H and O–H groups in total. The van der Waals surface area contributed by atoms with Crippen LogP contribution < -0.4 is 0 Å². The number of unbranched alkanes of at least 4 members (excludes halogenated alkanes) is 40. The Kier molecular flexibility index (Phi) is 60.2. The summed E-state index contributed by atoms with van der Waals surface area (Å²) in [4.78, 5) is 72.4. The van der Waals surface area contributed by atoms with Gasteiger partial charge in [0.05, 0.1) is 26.4 Å². The summed E-state index contributed by atoms with van der Waals surface area (Å²) >= 11 is 0. The highest BCUT2D eigenvalue weighted by atomic mass is 31.2. The van der Waals surface area contributed by atoms with Crippen LogP contribution in [0.1, 0.15) is 349 Å². The maximum Gasteiger partial charge on any atom is 0.472 e. The van der Waals surface area contributed by atoms with Crippen LogP contribution in [0.15, 0.2) is 0 Å². The lowest BCUT2D eigenvalue weighted by Gasteiger charge is -2.21. The molecule has 0 bridgehead atoms. The Morgan fingerprint density at radius 2 is 0.529 bits per heavy atom. The lowest BCUT2D eigenvalue weighted by molar-refractivity contribution is -0.161. The number of rotatable bonds is 68. The molecule has 0 aromatic rings. The summed E-state index contributed by atoms with van der Waals surface area (Å²) in [6.45, 7) is 7.20. The molecule has 0 aliphatic carbocycles. The summed E-state index contributed by atoms with van der Waals surface area (Å²) in [5, 5.41) is 10.6. The molecule has 5 atom stereocenters. The van der Waals surface area contributed by atoms with Crippen molar-refractivity contribution in [1.82, 2.24) is 0 Å². The van der Waals surface area contributed by atoms with E-state index in [9.17, 15) is 43.2 Å². The number of aliphatic hydroxyl groups is 1. The number of phosphoric acid groups is 2. The van der Waals surface area contributed by atoms with Gasteiger partial charge in [-0.15, -0.1) is 0 Å². The van der Waals surface area contributed by atoms with Gasteiger partial charge in [-0.1, -0.05) is 298 Å². The molecule has 0 aliphatic heterocycles. The summed E-state index contributed by atoms with van der Waals surface area (Å²) in [5.41, 5.74) is 0. The van der Waals surface area contributed by atoms with Crippen molar-refractivity contribution in [3.05, 3.63) is 0 Å². The standard InChI is InChI=1S/C68H132O17P2/c1-6-9-12-15-18-21-23-25-26-28-33-39-44-49-54-68(73)85-64(58-79-66(71)52-47-42-37-34-29-31-35-40-45-50-61(4)5)60-83-87(76,77)81-56-62(69)55-80-86(74,75)82-59-63(57-78-65(70)51-46-41-36-30-20-17-14-11-8-3)84-67(72)53-48-43-38-32-27-24-22-19-16-13-10-7-2/h61-64,69H,6-60H2,1-5H3,(H,74,75)(H,76,77)/t62-,63+,64+/m0/s1. The molecule has 17 nitrogen and oxygen atoms in total. The number of hydrogen-bond acceptors (Lipinski definition) is 15. The topological polar surface area (TPSA) is 237 Å². The van der Waals surface area contributed by atoms with E-state index in [1.807, 2.05) is 0 Å². The third-order valence-corrected chi connectivity index (χ3v) is 17.7. The minimum Gasteiger partial charge on any atom is -0.462 e. The van der Waals surface area contributed by atoms with Crippen molar-refractivity contribution in [2.75, 3.05) is 39.6 Å². The molecule has 0 saturated heterocycles. The average Bonchev–Trinajstić information content (AvgIpc) is 3.57. The Balaban J connectivity index is 5.24. The van der Waals surface area contributed by atoms with Gasteiger partial charge < -0.3 is 33.8 Å². The van der Waals surface area contributed by atoms with Gasteiger partial charge in [0.2, 0.25) is 0 Å². The molecule has 0 fully saturated rings. The molecule has 0 saturated carbocycles. The Morgan fingerprint density at radius 3 is 0.782 bits per heavy atom. The first-order valence-electron chi connectivity index (χ1n) is 35.6. The number of aliphatic hydroxyl groups excluding tert-OH is 1. The monoisotopic (exact) mass is 1280 g/mol. The highest BCUT2D eigenvalue weighted by Crippen LogP contribution is 2.45. The average molecular weight is 1280 g/mol. The Morgan fingerprint density at radius 1 is 0.310 bits per heavy atom. The van der Waals surface area contributed by atoms with Crippen LogP contribution >= 0.6 is 15.6 Å². The zero-order valence-corrected chi connectivity index (χ0v) is 57.9. The molecular weight excluding hydrogens is 1150 g/mol. The normalized spacial score (nSPS) is 14.1. The molecule has 0 aromatic carbocycles. The zero-order valence-electron chi connectivity index (χ0n) is 56.2. The van der Waals surface area contributed by atoms with Crippen molar-refractivity contribution in [2.24, 2.45) is 5.92 Å². The number of hydrogen-bond donors (Lipinski definition) is 3. The largest absolute Gasteiger partial charge is 0.472 e. The van der Waals surface area contributed by atoms with Gasteiger partial charge in [-0.05, 0) is 31.6 Å². The van der Waals surface area contributed by atoms with E-state index in [1.54, 1.807) is 0 Å². The fourth-order valence-electron chi connectivity index (χ4n) is 10.3. The number of phosphoric ester groups is 2. The fourth-order valence-corrected chi connectivity index (χ4v) is 11.9. The van der Waals surface area contributed by atoms with Crippen LogP contribution in [0.3, 0.4) is 0 Å². The molecule has 0 rings (SSSR count). The first kappa shape index (κ1) is 85.1. The predicted molar refractivity (Wildman–Crippen MR) is 349 cm³/mol. The maximum absolute atomic E-state index is 13.0. The van der Waals surface area contributed by atoms with Crippen LogP contribution in [0.2, 0.25) is 0 Å². The van der Waals surface area contributed by atoms with Gasteiger partial charge >= 0.3 is 39.5 Å². The summed E-state index contributed by atoms with van der Waals surface area (Å²) in [7, 11) is -9.89. The zero-order chi connectivity index (χ0) is 64.2. The third kappa shape index (κ3) is 62.6. The first-order valence-corrected chi connectivity index (χ1v) is 38.6. The fraction of sp³-hybridized carbons (Fsp3) is 0.941. The van der Waals surface area contributed by atoms with Gasteiger partial charge in [0.1, 0.15) is 19.3 Å². The van der Waals surface area contributed by atoms with Crippen LogP contribution in [-0.2, 0) is 65.4 Å². The second-order valence-electron chi connectivity index (χ2n) is 25.0. The van der Waals surface area contributed by atoms with Crippen molar-refractivity contribution in [1.29, 1.82) is 0 Å². The minimum absolute atomic E-state index is 0.107. The van der Waals surface area contributed by atoms with Crippen molar-refractivity contribution < 1.29 is 80.2 Å². The van der Waals surface area contributed by atoms with E-state index >= 15 is 0 Å². The Bertz CT molecular complexity index is 1690. The summed E-state index contributed by atoms with van der Waals surface area (Å²) in [5.74, 6) is -1.38. The van der Waals surface area contributed by atoms with Gasteiger partial charge in [-0.3, -0.25) is 37.3 Å². The van der Waals surface area contributed by atoms with Crippen LogP contribution in [-0.4, -0.2) is 96.7 Å². The van der Waals surface area contributed by atoms with E-state index in [0.717, 1.165) is 95.8 Å². The lowest BCUT2D eigenvalue weighted by atomic mass is 10.0. The summed E-state index contributed by atoms with van der Waals surface area (Å²) in [6.07, 6.45) is 47.0. The van der Waals surface area contributed by atoms with Crippen molar-refractivity contribution >= 4 is 39.5 Å². The van der Waals surface area contributed by atoms with Crippen molar-refractivity contribution in [2.45, 2.75) is 368 Å². The molecule has 0 aliphatic rings. The van der Waals surface area contributed by atoms with Crippen LogP contribution in [0.5, 0.6) is 0 Å². The molecule has 19 heteroatoms. The van der Waals surface area contributed by atoms with Gasteiger partial charge in [0.15, 0.2) is 12.2 Å². The van der Waals surface area contributed by atoms with Crippen LogP contribution in [0.4, 0.5) is 0 Å². The summed E-state index contributed by atoms with van der Waals surface area (Å²) < 4.78 is 68.2. The highest BCUT2D eigenvalue weighted by molar-refractivity contribution is 7.47. The molecule has 0 aromatic heterocycles. The van der Waals surface area contributed by atoms with E-state index in [1.165, 1.54) is 173 Å². The smallest absolute Gasteiger partial charge is 0.462 e. The van der Waals surface area contributed by atoms with Crippen LogP contribution in [0, 0.1) is 5.92 Å². The first-order chi connectivity index (χ1) is 42.0. The second kappa shape index (κ2) is 61.6. The van der Waals surface area contributed by atoms with Gasteiger partial charge in [-0.25, -0.2) is 9.13 Å². The molecule has 0 spiro atoms. The quantitative estimate of drug-likeness (QED) is 0.0222. The Labute approximate surface area is 530 Å². The van der Waals surface area contributed by atoms with E-state index in [4.69, 9.17) is 37.0 Å². The third-order valence-electron chi connectivity index (χ3n) is 15.8. The number of carbonyl (C=O) groups excluding carboxylic acids is 4. The van der Waals surface area contributed by atoms with E-state index in [-0.39, 0.29) is 25.7 Å². The number of ether oxygens (including phenoxy) is 4. The molecule has 516 valence electrons. The van der Waals surface area contributed by atoms with Crippen molar-refractivity contribution in [3.8, 4) is 0 Å². The molecule has 87 heavy (non-hydrogen) atoms. The van der Waals surface area contributed by atoms with Crippen LogP contribution in [0.25, 0.3) is 0 Å². The van der Waals surface area contributed by atoms with Gasteiger partial charge in [0.25, 0.3) is 0 Å². The molecule has 2 unspecified atom stereocenters. The second-order valence-corrected chi connectivity index (χ2v) is 27.9. The minimum atomic E-state index is -4.95. The van der Waals surface area contributed by atoms with Gasteiger partial charge in [0, 0.05) is 25.7 Å². The van der Waals surface area contributed by atoms with E-state index < -0.39 is 97.5 Å². The molecule has 0 radical (unpaired) electrons. The lowest BCUT2D eigenvalue weighted by Crippen LogP contribution is -2.30. The number of carbonyl (C=O) groups is 4. The summed E-state index contributed by atoms with van der Waals surface area (Å²) in [6, 6.07) is 0.